The zero-order valence-corrected chi connectivity index (χ0v) is 22.0. The zero-order chi connectivity index (χ0) is 25.2. The third-order valence-electron chi connectivity index (χ3n) is 5.42. The lowest BCUT2D eigenvalue weighted by Gasteiger charge is -2.17. The topological polar surface area (TPSA) is 79.1 Å². The van der Waals surface area contributed by atoms with Gasteiger partial charge >= 0.3 is 0 Å². The summed E-state index contributed by atoms with van der Waals surface area (Å²) in [6.07, 6.45) is 3.41. The van der Waals surface area contributed by atoms with Crippen LogP contribution in [0.1, 0.15) is 37.9 Å². The zero-order valence-electron chi connectivity index (χ0n) is 20.4. The van der Waals surface area contributed by atoms with E-state index in [1.807, 2.05) is 49.4 Å². The number of ether oxygens (including phenoxy) is 2. The Morgan fingerprint density at radius 2 is 1.77 bits per heavy atom. The monoisotopic (exact) mass is 534 g/mol. The summed E-state index contributed by atoms with van der Waals surface area (Å²) in [4.78, 5) is 26.9. The van der Waals surface area contributed by atoms with Crippen molar-refractivity contribution in [1.82, 2.24) is 19.5 Å². The van der Waals surface area contributed by atoms with Gasteiger partial charge in [-0.05, 0) is 58.7 Å². The van der Waals surface area contributed by atoms with Crippen LogP contribution in [0.15, 0.2) is 70.2 Å². The average Bonchev–Trinajstić information content (AvgIpc) is 2.85. The van der Waals surface area contributed by atoms with E-state index in [2.05, 4.69) is 46.7 Å². The molecule has 180 valence electrons. The summed E-state index contributed by atoms with van der Waals surface area (Å²) in [5.74, 6) is 1.96. The summed E-state index contributed by atoms with van der Waals surface area (Å²) < 4.78 is 13.2. The van der Waals surface area contributed by atoms with E-state index in [1.54, 1.807) is 30.1 Å². The van der Waals surface area contributed by atoms with Gasteiger partial charge in [-0.15, -0.1) is 0 Å². The highest BCUT2D eigenvalue weighted by atomic mass is 79.9. The molecule has 0 aliphatic rings. The van der Waals surface area contributed by atoms with E-state index in [0.29, 0.717) is 33.9 Å². The van der Waals surface area contributed by atoms with Gasteiger partial charge in [-0.25, -0.2) is 9.97 Å². The molecule has 0 N–H and O–H groups in total. The van der Waals surface area contributed by atoms with Gasteiger partial charge in [0.05, 0.1) is 24.2 Å². The second-order valence-corrected chi connectivity index (χ2v) is 9.95. The molecule has 0 spiro atoms. The van der Waals surface area contributed by atoms with Gasteiger partial charge < -0.3 is 9.47 Å². The van der Waals surface area contributed by atoms with Crippen LogP contribution in [0, 0.1) is 6.92 Å². The fourth-order valence-corrected chi connectivity index (χ4v) is 4.00. The summed E-state index contributed by atoms with van der Waals surface area (Å²) in [6, 6.07) is 14.9. The first-order valence-corrected chi connectivity index (χ1v) is 11.9. The maximum absolute atomic E-state index is 13.3. The Morgan fingerprint density at radius 1 is 1.00 bits per heavy atom. The molecule has 0 amide bonds. The minimum absolute atomic E-state index is 0.188. The maximum atomic E-state index is 13.3. The van der Waals surface area contributed by atoms with E-state index in [0.717, 1.165) is 22.8 Å². The van der Waals surface area contributed by atoms with Gasteiger partial charge in [0.2, 0.25) is 0 Å². The third-order valence-corrected chi connectivity index (χ3v) is 6.15. The van der Waals surface area contributed by atoms with E-state index in [1.165, 1.54) is 0 Å². The van der Waals surface area contributed by atoms with Crippen molar-refractivity contribution in [3.63, 3.8) is 0 Å². The number of aryl methyl sites for hydroxylation is 1. The van der Waals surface area contributed by atoms with Gasteiger partial charge in [0, 0.05) is 29.6 Å². The Morgan fingerprint density at radius 3 is 2.51 bits per heavy atom. The molecule has 0 saturated carbocycles. The Hall–Kier alpha value is -3.52. The summed E-state index contributed by atoms with van der Waals surface area (Å²) in [7, 11) is 1.62. The molecule has 8 heteroatoms. The van der Waals surface area contributed by atoms with Crippen LogP contribution >= 0.6 is 15.9 Å². The van der Waals surface area contributed by atoms with Crippen LogP contribution in [0.2, 0.25) is 0 Å². The van der Waals surface area contributed by atoms with Gasteiger partial charge in [0.25, 0.3) is 5.56 Å². The van der Waals surface area contributed by atoms with Gasteiger partial charge in [-0.2, -0.15) is 0 Å². The number of nitrogens with zero attached hydrogens (tertiary/aromatic N) is 4. The summed E-state index contributed by atoms with van der Waals surface area (Å²) >= 11 is 3.44. The van der Waals surface area contributed by atoms with Crippen LogP contribution in [-0.2, 0) is 12.0 Å². The molecule has 0 atom stereocenters. The van der Waals surface area contributed by atoms with Crippen molar-refractivity contribution in [3.05, 3.63) is 92.8 Å². The van der Waals surface area contributed by atoms with Crippen LogP contribution < -0.4 is 15.0 Å². The van der Waals surface area contributed by atoms with Crippen molar-refractivity contribution >= 4 is 15.9 Å². The van der Waals surface area contributed by atoms with Crippen LogP contribution in [0.3, 0.4) is 0 Å². The minimum Gasteiger partial charge on any atom is -0.497 e. The molecule has 4 aromatic rings. The number of pyridine rings is 2. The Labute approximate surface area is 213 Å². The normalized spacial score (nSPS) is 11.4. The van der Waals surface area contributed by atoms with Crippen LogP contribution in [0.25, 0.3) is 17.1 Å². The fraction of sp³-hybridized carbons (Fsp3) is 0.259. The molecule has 0 aliphatic heterocycles. The van der Waals surface area contributed by atoms with Crippen LogP contribution in [0.4, 0.5) is 0 Å². The molecule has 0 bridgehead atoms. The predicted molar refractivity (Wildman–Crippen MR) is 139 cm³/mol. The Kier molecular flexibility index (Phi) is 7.03. The van der Waals surface area contributed by atoms with Crippen molar-refractivity contribution in [2.45, 2.75) is 39.7 Å². The lowest BCUT2D eigenvalue weighted by Crippen LogP contribution is -2.22. The molecule has 35 heavy (non-hydrogen) atoms. The number of rotatable bonds is 6. The highest BCUT2D eigenvalue weighted by Gasteiger charge is 2.19. The fourth-order valence-electron chi connectivity index (χ4n) is 3.59. The highest BCUT2D eigenvalue weighted by molar-refractivity contribution is 9.10. The van der Waals surface area contributed by atoms with E-state index in [-0.39, 0.29) is 11.0 Å². The maximum Gasteiger partial charge on any atom is 0.273 e. The number of benzene rings is 1. The molecular weight excluding hydrogens is 508 g/mol. The quantitative estimate of drug-likeness (QED) is 0.318. The third kappa shape index (κ3) is 5.43. The number of hydrogen-bond acceptors (Lipinski definition) is 6. The van der Waals surface area contributed by atoms with Gasteiger partial charge in [-0.3, -0.25) is 14.3 Å². The molecule has 7 nitrogen and oxygen atoms in total. The number of hydrogen-bond donors (Lipinski definition) is 0. The average molecular weight is 535 g/mol. The molecule has 3 aromatic heterocycles. The number of halogens is 1. The molecule has 3 heterocycles. The van der Waals surface area contributed by atoms with Gasteiger partial charge in [0.1, 0.15) is 28.4 Å². The number of methoxy groups -OCH3 is 1. The Balaban J connectivity index is 1.66. The first-order valence-electron chi connectivity index (χ1n) is 11.2. The summed E-state index contributed by atoms with van der Waals surface area (Å²) in [5.41, 5.74) is 3.32. The van der Waals surface area contributed by atoms with Crippen molar-refractivity contribution in [3.8, 4) is 28.6 Å². The second kappa shape index (κ2) is 10.00. The lowest BCUT2D eigenvalue weighted by molar-refractivity contribution is 0.302. The van der Waals surface area contributed by atoms with E-state index in [9.17, 15) is 4.79 Å². The van der Waals surface area contributed by atoms with Crippen molar-refractivity contribution in [2.75, 3.05) is 7.11 Å². The highest BCUT2D eigenvalue weighted by Crippen LogP contribution is 2.27. The van der Waals surface area contributed by atoms with Crippen LogP contribution in [0.5, 0.6) is 11.5 Å². The first-order chi connectivity index (χ1) is 16.7. The second-order valence-electron chi connectivity index (χ2n) is 9.16. The molecule has 0 fully saturated rings. The molecule has 0 radical (unpaired) electrons. The molecule has 0 unspecified atom stereocenters. The summed E-state index contributed by atoms with van der Waals surface area (Å²) in [6.45, 7) is 8.37. The molecular formula is C27H27BrN4O3. The molecule has 0 saturated heterocycles. The molecule has 1 aromatic carbocycles. The largest absolute Gasteiger partial charge is 0.497 e. The van der Waals surface area contributed by atoms with E-state index < -0.39 is 0 Å². The minimum atomic E-state index is -0.221. The van der Waals surface area contributed by atoms with Crippen LogP contribution in [-0.4, -0.2) is 26.6 Å². The Bertz CT molecular complexity index is 1430. The smallest absolute Gasteiger partial charge is 0.273 e. The van der Waals surface area contributed by atoms with E-state index in [4.69, 9.17) is 14.5 Å². The van der Waals surface area contributed by atoms with Gasteiger partial charge in [-0.1, -0.05) is 32.9 Å². The SMILES string of the molecule is COc1cccc(COc2cc(C)n(-c3ccnc(-c4ccnc(C(C)(C)C)n4)c3)c(=O)c2Br)c1. The van der Waals surface area contributed by atoms with Crippen molar-refractivity contribution in [2.24, 2.45) is 0 Å². The van der Waals surface area contributed by atoms with Crippen molar-refractivity contribution in [1.29, 1.82) is 0 Å². The lowest BCUT2D eigenvalue weighted by atomic mass is 9.95. The number of aromatic nitrogens is 4. The molecule has 4 rings (SSSR count). The predicted octanol–water partition coefficient (Wildman–Crippen LogP) is 5.65. The van der Waals surface area contributed by atoms with Gasteiger partial charge in [0.15, 0.2) is 0 Å². The molecule has 0 aliphatic carbocycles. The summed E-state index contributed by atoms with van der Waals surface area (Å²) in [5, 5.41) is 0. The first kappa shape index (κ1) is 24.6. The standard InChI is InChI=1S/C27H27BrN4O3/c1-17-13-23(35-16-18-7-6-8-20(14-18)34-5)24(28)25(33)32(17)19-9-11-29-22(15-19)21-10-12-30-26(31-21)27(2,3)4/h6-15H,16H2,1-5H3. The van der Waals surface area contributed by atoms with Crippen molar-refractivity contribution < 1.29 is 9.47 Å². The van der Waals surface area contributed by atoms with E-state index >= 15 is 0 Å².